The summed E-state index contributed by atoms with van der Waals surface area (Å²) in [6.45, 7) is 6.13. The molecule has 0 radical (unpaired) electrons. The van der Waals surface area contributed by atoms with Crippen molar-refractivity contribution in [1.82, 2.24) is 4.57 Å². The number of aryl methyl sites for hydroxylation is 1. The fourth-order valence-electron chi connectivity index (χ4n) is 3.45. The van der Waals surface area contributed by atoms with Crippen LogP contribution in [0.5, 0.6) is 0 Å². The van der Waals surface area contributed by atoms with Crippen molar-refractivity contribution >= 4 is 28.3 Å². The fourth-order valence-corrected chi connectivity index (χ4v) is 3.62. The molecular weight excluding hydrogens is 286 g/mol. The molecule has 1 aromatic carbocycles. The third kappa shape index (κ3) is 2.29. The van der Waals surface area contributed by atoms with Gasteiger partial charge in [-0.2, -0.15) is 0 Å². The molecule has 4 unspecified atom stereocenters. The number of ether oxygens (including phenoxy) is 1. The van der Waals surface area contributed by atoms with Gasteiger partial charge < -0.3 is 9.30 Å². The van der Waals surface area contributed by atoms with E-state index in [1.807, 2.05) is 49.9 Å². The maximum absolute atomic E-state index is 13.0. The van der Waals surface area contributed by atoms with Gasteiger partial charge in [0.15, 0.2) is 5.78 Å². The van der Waals surface area contributed by atoms with E-state index in [0.717, 1.165) is 16.5 Å². The number of fused-ring (bicyclic) bond motifs is 1. The second-order valence-electron chi connectivity index (χ2n) is 6.11. The van der Waals surface area contributed by atoms with E-state index in [4.69, 9.17) is 16.3 Å². The number of nitrogens with zero attached hydrogens (tertiary/aromatic N) is 1. The molecule has 1 fully saturated rings. The highest BCUT2D eigenvalue weighted by atomic mass is 35.5. The number of rotatable bonds is 2. The minimum absolute atomic E-state index is 0.0370. The summed E-state index contributed by atoms with van der Waals surface area (Å²) in [5.74, 6) is 0.323. The van der Waals surface area contributed by atoms with Gasteiger partial charge in [0.05, 0.1) is 18.1 Å². The first-order valence-electron chi connectivity index (χ1n) is 7.34. The molecule has 1 saturated heterocycles. The Balaban J connectivity index is 2.07. The predicted molar refractivity (Wildman–Crippen MR) is 84.9 cm³/mol. The Morgan fingerprint density at radius 1 is 1.24 bits per heavy atom. The van der Waals surface area contributed by atoms with E-state index in [1.165, 1.54) is 0 Å². The Kier molecular flexibility index (Phi) is 3.58. The second kappa shape index (κ2) is 5.15. The van der Waals surface area contributed by atoms with Gasteiger partial charge in [0.25, 0.3) is 0 Å². The zero-order valence-electron chi connectivity index (χ0n) is 12.8. The molecule has 0 amide bonds. The van der Waals surface area contributed by atoms with E-state index in [1.54, 1.807) is 0 Å². The molecule has 1 aliphatic heterocycles. The van der Waals surface area contributed by atoms with Crippen molar-refractivity contribution in [3.05, 3.63) is 35.0 Å². The monoisotopic (exact) mass is 305 g/mol. The first-order valence-corrected chi connectivity index (χ1v) is 7.72. The Morgan fingerprint density at radius 3 is 2.57 bits per heavy atom. The van der Waals surface area contributed by atoms with Crippen molar-refractivity contribution in [1.29, 1.82) is 0 Å². The average molecular weight is 306 g/mol. The van der Waals surface area contributed by atoms with Crippen molar-refractivity contribution < 1.29 is 9.53 Å². The average Bonchev–Trinajstić information content (AvgIpc) is 2.88. The molecule has 0 bridgehead atoms. The molecule has 112 valence electrons. The zero-order chi connectivity index (χ0) is 15.3. The minimum Gasteiger partial charge on any atom is -0.374 e. The van der Waals surface area contributed by atoms with Gasteiger partial charge in [-0.15, -0.1) is 0 Å². The number of carbonyl (C=O) groups excluding carboxylic acids is 1. The van der Waals surface area contributed by atoms with Crippen molar-refractivity contribution in [3.63, 3.8) is 0 Å². The van der Waals surface area contributed by atoms with E-state index in [0.29, 0.717) is 5.02 Å². The standard InChI is InChI=1S/C17H20ClNO2/c1-9-10(2)21-11(3)16(9)17(20)14-8-19(4)15-7-12(18)5-6-13(14)15/h5-11,16H,1-4H3. The third-order valence-electron chi connectivity index (χ3n) is 4.76. The van der Waals surface area contributed by atoms with Crippen LogP contribution in [-0.4, -0.2) is 22.6 Å². The van der Waals surface area contributed by atoms with Crippen molar-refractivity contribution in [3.8, 4) is 0 Å². The molecule has 0 spiro atoms. The van der Waals surface area contributed by atoms with Gasteiger partial charge in [-0.05, 0) is 31.9 Å². The summed E-state index contributed by atoms with van der Waals surface area (Å²) in [6, 6.07) is 5.66. The number of Topliss-reactive ketones (excluding diaryl/α,β-unsaturated/α-hetero) is 1. The van der Waals surface area contributed by atoms with Crippen LogP contribution in [0.3, 0.4) is 0 Å². The minimum atomic E-state index is -0.0821. The van der Waals surface area contributed by atoms with Crippen LogP contribution in [0.4, 0.5) is 0 Å². The van der Waals surface area contributed by atoms with Crippen molar-refractivity contribution in [2.24, 2.45) is 18.9 Å². The first-order chi connectivity index (χ1) is 9.90. The number of halogens is 1. The quantitative estimate of drug-likeness (QED) is 0.783. The molecular formula is C17H20ClNO2. The lowest BCUT2D eigenvalue weighted by Crippen LogP contribution is -2.26. The van der Waals surface area contributed by atoms with Gasteiger partial charge in [-0.3, -0.25) is 4.79 Å². The fraction of sp³-hybridized carbons (Fsp3) is 0.471. The Labute approximate surface area is 129 Å². The molecule has 3 rings (SSSR count). The second-order valence-corrected chi connectivity index (χ2v) is 6.55. The van der Waals surface area contributed by atoms with Crippen LogP contribution in [0.1, 0.15) is 31.1 Å². The lowest BCUT2D eigenvalue weighted by Gasteiger charge is -2.16. The van der Waals surface area contributed by atoms with Gasteiger partial charge in [0.1, 0.15) is 0 Å². The van der Waals surface area contributed by atoms with Crippen LogP contribution in [0.15, 0.2) is 24.4 Å². The summed E-state index contributed by atoms with van der Waals surface area (Å²) >= 11 is 6.05. The van der Waals surface area contributed by atoms with E-state index in [-0.39, 0.29) is 29.8 Å². The van der Waals surface area contributed by atoms with E-state index in [9.17, 15) is 4.79 Å². The molecule has 0 aliphatic carbocycles. The summed E-state index contributed by atoms with van der Waals surface area (Å²) in [5, 5.41) is 1.65. The van der Waals surface area contributed by atoms with Crippen LogP contribution in [0.2, 0.25) is 5.02 Å². The molecule has 0 N–H and O–H groups in total. The summed E-state index contributed by atoms with van der Waals surface area (Å²) in [6.07, 6.45) is 1.99. The topological polar surface area (TPSA) is 31.2 Å². The number of ketones is 1. The molecule has 4 atom stereocenters. The van der Waals surface area contributed by atoms with Crippen LogP contribution in [0, 0.1) is 11.8 Å². The van der Waals surface area contributed by atoms with E-state index < -0.39 is 0 Å². The highest BCUT2D eigenvalue weighted by molar-refractivity contribution is 6.31. The van der Waals surface area contributed by atoms with Gasteiger partial charge in [-0.1, -0.05) is 24.6 Å². The van der Waals surface area contributed by atoms with Gasteiger partial charge in [-0.25, -0.2) is 0 Å². The van der Waals surface area contributed by atoms with Gasteiger partial charge in [0.2, 0.25) is 0 Å². The van der Waals surface area contributed by atoms with Crippen LogP contribution >= 0.6 is 11.6 Å². The summed E-state index contributed by atoms with van der Waals surface area (Å²) in [5.41, 5.74) is 1.75. The molecule has 2 aromatic rings. The lowest BCUT2D eigenvalue weighted by molar-refractivity contribution is 0.0491. The van der Waals surface area contributed by atoms with E-state index in [2.05, 4.69) is 6.92 Å². The van der Waals surface area contributed by atoms with Crippen LogP contribution in [-0.2, 0) is 11.8 Å². The number of benzene rings is 1. The van der Waals surface area contributed by atoms with E-state index >= 15 is 0 Å². The Hall–Kier alpha value is -1.32. The molecule has 1 aromatic heterocycles. The SMILES string of the molecule is CC1OC(C)C(C(=O)c2cn(C)c3cc(Cl)ccc23)C1C. The smallest absolute Gasteiger partial charge is 0.171 e. The molecule has 0 saturated carbocycles. The van der Waals surface area contributed by atoms with Gasteiger partial charge >= 0.3 is 0 Å². The van der Waals surface area contributed by atoms with Crippen LogP contribution < -0.4 is 0 Å². The highest BCUT2D eigenvalue weighted by Gasteiger charge is 2.42. The van der Waals surface area contributed by atoms with Crippen molar-refractivity contribution in [2.45, 2.75) is 33.0 Å². The molecule has 4 heteroatoms. The molecule has 2 heterocycles. The summed E-state index contributed by atoms with van der Waals surface area (Å²) in [7, 11) is 1.94. The van der Waals surface area contributed by atoms with Crippen molar-refractivity contribution in [2.75, 3.05) is 0 Å². The number of carbonyl (C=O) groups is 1. The normalized spacial score (nSPS) is 29.2. The first kappa shape index (κ1) is 14.6. The highest BCUT2D eigenvalue weighted by Crippen LogP contribution is 2.36. The summed E-state index contributed by atoms with van der Waals surface area (Å²) in [4.78, 5) is 13.0. The molecule has 3 nitrogen and oxygen atoms in total. The number of hydrogen-bond acceptors (Lipinski definition) is 2. The van der Waals surface area contributed by atoms with Gasteiger partial charge in [0, 0.05) is 34.7 Å². The third-order valence-corrected chi connectivity index (χ3v) is 5.00. The zero-order valence-corrected chi connectivity index (χ0v) is 13.5. The Morgan fingerprint density at radius 2 is 1.95 bits per heavy atom. The number of aromatic nitrogens is 1. The molecule has 21 heavy (non-hydrogen) atoms. The largest absolute Gasteiger partial charge is 0.374 e. The molecule has 1 aliphatic rings. The number of hydrogen-bond donors (Lipinski definition) is 0. The summed E-state index contributed by atoms with van der Waals surface area (Å²) < 4.78 is 7.78. The lowest BCUT2D eigenvalue weighted by atomic mass is 9.83. The van der Waals surface area contributed by atoms with Crippen LogP contribution in [0.25, 0.3) is 10.9 Å². The maximum Gasteiger partial charge on any atom is 0.171 e. The maximum atomic E-state index is 13.0. The predicted octanol–water partition coefficient (Wildman–Crippen LogP) is 4.07. The Bertz CT molecular complexity index is 706.